The van der Waals surface area contributed by atoms with Gasteiger partial charge in [-0.05, 0) is 49.2 Å². The number of hydrogen-bond acceptors (Lipinski definition) is 2. The number of rotatable bonds is 2. The Morgan fingerprint density at radius 3 is 2.71 bits per heavy atom. The third-order valence-electron chi connectivity index (χ3n) is 3.82. The summed E-state index contributed by atoms with van der Waals surface area (Å²) in [5.41, 5.74) is 8.56. The number of imidazole rings is 1. The Hall–Kier alpha value is -2.07. The fourth-order valence-electron chi connectivity index (χ4n) is 2.65. The van der Waals surface area contributed by atoms with E-state index in [4.69, 9.17) is 17.3 Å². The molecule has 2 aromatic carbocycles. The molecule has 1 fully saturated rings. The van der Waals surface area contributed by atoms with E-state index in [9.17, 15) is 4.39 Å². The highest BCUT2D eigenvalue weighted by molar-refractivity contribution is 6.31. The monoisotopic (exact) mass is 301 g/mol. The number of hydrogen-bond donors (Lipinski definition) is 1. The van der Waals surface area contributed by atoms with E-state index >= 15 is 0 Å². The van der Waals surface area contributed by atoms with Crippen molar-refractivity contribution in [2.75, 3.05) is 5.73 Å². The zero-order valence-electron chi connectivity index (χ0n) is 11.2. The molecule has 3 nitrogen and oxygen atoms in total. The summed E-state index contributed by atoms with van der Waals surface area (Å²) in [6.07, 6.45) is 2.25. The lowest BCUT2D eigenvalue weighted by atomic mass is 10.2. The van der Waals surface area contributed by atoms with Crippen LogP contribution in [0.5, 0.6) is 0 Å². The van der Waals surface area contributed by atoms with Crippen LogP contribution in [0.3, 0.4) is 0 Å². The number of benzene rings is 2. The first kappa shape index (κ1) is 12.7. The maximum absolute atomic E-state index is 13.4. The summed E-state index contributed by atoms with van der Waals surface area (Å²) in [4.78, 5) is 4.68. The van der Waals surface area contributed by atoms with Crippen LogP contribution in [0.15, 0.2) is 36.4 Å². The minimum atomic E-state index is -0.407. The van der Waals surface area contributed by atoms with Crippen LogP contribution in [0.4, 0.5) is 10.1 Å². The zero-order chi connectivity index (χ0) is 14.6. The highest BCUT2D eigenvalue weighted by atomic mass is 35.5. The molecule has 1 aliphatic carbocycles. The first-order valence-corrected chi connectivity index (χ1v) is 7.24. The molecule has 1 heterocycles. The van der Waals surface area contributed by atoms with Gasteiger partial charge in [0, 0.05) is 16.6 Å². The smallest absolute Gasteiger partial charge is 0.146 e. The number of nitrogens with two attached hydrogens (primary N) is 1. The van der Waals surface area contributed by atoms with Crippen molar-refractivity contribution in [3.63, 3.8) is 0 Å². The topological polar surface area (TPSA) is 43.8 Å². The van der Waals surface area contributed by atoms with E-state index < -0.39 is 5.82 Å². The molecule has 0 bridgehead atoms. The molecular formula is C16H13ClFN3. The average Bonchev–Trinajstić information content (AvgIpc) is 3.23. The van der Waals surface area contributed by atoms with Gasteiger partial charge in [-0.25, -0.2) is 9.37 Å². The Morgan fingerprint density at radius 2 is 2.00 bits per heavy atom. The summed E-state index contributed by atoms with van der Waals surface area (Å²) < 4.78 is 15.6. The summed E-state index contributed by atoms with van der Waals surface area (Å²) >= 11 is 6.11. The molecule has 3 aromatic rings. The minimum absolute atomic E-state index is 0.139. The van der Waals surface area contributed by atoms with E-state index in [0.717, 1.165) is 35.3 Å². The van der Waals surface area contributed by atoms with E-state index in [2.05, 4.69) is 9.55 Å². The maximum Gasteiger partial charge on any atom is 0.146 e. The molecule has 0 saturated heterocycles. The van der Waals surface area contributed by atoms with Crippen LogP contribution in [0.25, 0.3) is 22.4 Å². The van der Waals surface area contributed by atoms with E-state index in [1.165, 1.54) is 6.07 Å². The number of nitrogens with zero attached hydrogens (tertiary/aromatic N) is 2. The first-order chi connectivity index (χ1) is 10.1. The lowest BCUT2D eigenvalue weighted by Crippen LogP contribution is -1.99. The molecule has 0 spiro atoms. The number of nitrogen functional groups attached to an aromatic ring is 1. The average molecular weight is 302 g/mol. The van der Waals surface area contributed by atoms with E-state index in [0.29, 0.717) is 11.1 Å². The lowest BCUT2D eigenvalue weighted by Gasteiger charge is -2.08. The second-order valence-corrected chi connectivity index (χ2v) is 5.84. The lowest BCUT2D eigenvalue weighted by molar-refractivity contribution is 0.632. The molecule has 0 atom stereocenters. The Balaban J connectivity index is 1.99. The summed E-state index contributed by atoms with van der Waals surface area (Å²) in [5, 5.41) is 0.689. The number of anilines is 1. The minimum Gasteiger partial charge on any atom is -0.396 e. The molecule has 2 N–H and O–H groups in total. The van der Waals surface area contributed by atoms with E-state index in [-0.39, 0.29) is 5.69 Å². The number of aromatic nitrogens is 2. The highest BCUT2D eigenvalue weighted by Crippen LogP contribution is 2.41. The molecule has 0 unspecified atom stereocenters. The standard InChI is InChI=1S/C16H13ClFN3/c17-10-2-6-14-15(8-10)21(11-3-4-11)16(20-14)9-1-5-12(18)13(19)7-9/h1-2,5-8,11H,3-4,19H2. The van der Waals surface area contributed by atoms with Crippen molar-refractivity contribution in [3.8, 4) is 11.4 Å². The van der Waals surface area contributed by atoms with Crippen LogP contribution < -0.4 is 5.73 Å². The van der Waals surface area contributed by atoms with E-state index in [1.54, 1.807) is 12.1 Å². The Labute approximate surface area is 126 Å². The third-order valence-corrected chi connectivity index (χ3v) is 4.05. The highest BCUT2D eigenvalue weighted by Gasteiger charge is 2.28. The molecule has 4 rings (SSSR count). The van der Waals surface area contributed by atoms with Crippen molar-refractivity contribution >= 4 is 28.3 Å². The molecule has 5 heteroatoms. The van der Waals surface area contributed by atoms with Crippen molar-refractivity contribution in [2.45, 2.75) is 18.9 Å². The molecule has 1 saturated carbocycles. The quantitative estimate of drug-likeness (QED) is 0.712. The number of halogens is 2. The van der Waals surface area contributed by atoms with Crippen LogP contribution in [-0.2, 0) is 0 Å². The summed E-state index contributed by atoms with van der Waals surface area (Å²) in [6, 6.07) is 10.8. The molecule has 106 valence electrons. The summed E-state index contributed by atoms with van der Waals surface area (Å²) in [6.45, 7) is 0. The van der Waals surface area contributed by atoms with Gasteiger partial charge in [0.2, 0.25) is 0 Å². The number of fused-ring (bicyclic) bond motifs is 1. The van der Waals surface area contributed by atoms with Gasteiger partial charge in [0.15, 0.2) is 0 Å². The van der Waals surface area contributed by atoms with Gasteiger partial charge in [-0.2, -0.15) is 0 Å². The van der Waals surface area contributed by atoms with Crippen molar-refractivity contribution in [1.82, 2.24) is 9.55 Å². The van der Waals surface area contributed by atoms with E-state index in [1.807, 2.05) is 18.2 Å². The van der Waals surface area contributed by atoms with Gasteiger partial charge < -0.3 is 10.3 Å². The van der Waals surface area contributed by atoms with Gasteiger partial charge in [0.25, 0.3) is 0 Å². The van der Waals surface area contributed by atoms with Crippen LogP contribution in [0.1, 0.15) is 18.9 Å². The second-order valence-electron chi connectivity index (χ2n) is 5.41. The van der Waals surface area contributed by atoms with Crippen LogP contribution in [-0.4, -0.2) is 9.55 Å². The third kappa shape index (κ3) is 2.07. The van der Waals surface area contributed by atoms with Crippen molar-refractivity contribution in [2.24, 2.45) is 0 Å². The first-order valence-electron chi connectivity index (χ1n) is 6.86. The van der Waals surface area contributed by atoms with Gasteiger partial charge in [-0.1, -0.05) is 11.6 Å². The SMILES string of the molecule is Nc1cc(-c2nc3ccc(Cl)cc3n2C2CC2)ccc1F. The molecular weight excluding hydrogens is 289 g/mol. The largest absolute Gasteiger partial charge is 0.396 e. The normalized spacial score (nSPS) is 14.8. The Morgan fingerprint density at radius 1 is 1.19 bits per heavy atom. The maximum atomic E-state index is 13.4. The fraction of sp³-hybridized carbons (Fsp3) is 0.188. The van der Waals surface area contributed by atoms with Crippen LogP contribution in [0.2, 0.25) is 5.02 Å². The van der Waals surface area contributed by atoms with Crippen molar-refractivity contribution in [1.29, 1.82) is 0 Å². The zero-order valence-corrected chi connectivity index (χ0v) is 11.9. The van der Waals surface area contributed by atoms with Gasteiger partial charge in [0.05, 0.1) is 16.7 Å². The second kappa shape index (κ2) is 4.46. The molecule has 1 aromatic heterocycles. The van der Waals surface area contributed by atoms with Gasteiger partial charge in [-0.3, -0.25) is 0 Å². The predicted molar refractivity (Wildman–Crippen MR) is 82.8 cm³/mol. The van der Waals surface area contributed by atoms with Crippen LogP contribution >= 0.6 is 11.6 Å². The molecule has 1 aliphatic rings. The predicted octanol–water partition coefficient (Wildman–Crippen LogP) is 4.41. The van der Waals surface area contributed by atoms with Crippen LogP contribution in [0, 0.1) is 5.82 Å². The van der Waals surface area contributed by atoms with Crippen molar-refractivity contribution < 1.29 is 4.39 Å². The van der Waals surface area contributed by atoms with Gasteiger partial charge in [0.1, 0.15) is 11.6 Å². The fourth-order valence-corrected chi connectivity index (χ4v) is 2.82. The molecule has 21 heavy (non-hydrogen) atoms. The summed E-state index contributed by atoms with van der Waals surface area (Å²) in [5.74, 6) is 0.414. The van der Waals surface area contributed by atoms with Crippen molar-refractivity contribution in [3.05, 3.63) is 47.2 Å². The Kier molecular flexibility index (Phi) is 2.69. The molecule has 0 aliphatic heterocycles. The Bertz CT molecular complexity index is 852. The summed E-state index contributed by atoms with van der Waals surface area (Å²) in [7, 11) is 0. The molecule has 0 amide bonds. The van der Waals surface area contributed by atoms with Gasteiger partial charge in [-0.15, -0.1) is 0 Å². The van der Waals surface area contributed by atoms with Gasteiger partial charge >= 0.3 is 0 Å². The molecule has 0 radical (unpaired) electrons.